The van der Waals surface area contributed by atoms with Crippen molar-refractivity contribution in [3.63, 3.8) is 0 Å². The molecule has 2 aromatic rings. The molecule has 0 aliphatic carbocycles. The van der Waals surface area contributed by atoms with Gasteiger partial charge in [0.25, 0.3) is 0 Å². The Kier molecular flexibility index (Phi) is 5.26. The molecule has 0 saturated heterocycles. The van der Waals surface area contributed by atoms with Crippen molar-refractivity contribution in [3.05, 3.63) is 41.3 Å². The molecule has 0 bridgehead atoms. The van der Waals surface area contributed by atoms with Crippen molar-refractivity contribution >= 4 is 32.9 Å². The average Bonchev–Trinajstić information content (AvgIpc) is 2.95. The molecule has 0 aliphatic heterocycles. The Bertz CT molecular complexity index is 657. The summed E-state index contributed by atoms with van der Waals surface area (Å²) >= 11 is 2.83. The number of thioether (sulfide) groups is 1. The van der Waals surface area contributed by atoms with Gasteiger partial charge in [-0.15, -0.1) is 23.1 Å². The lowest BCUT2D eigenvalue weighted by molar-refractivity contribution is 0.322. The summed E-state index contributed by atoms with van der Waals surface area (Å²) in [5.74, 6) is 0.608. The van der Waals surface area contributed by atoms with Crippen LogP contribution in [0.15, 0.2) is 50.4 Å². The summed E-state index contributed by atoms with van der Waals surface area (Å²) < 4.78 is 25.3. The zero-order valence-electron chi connectivity index (χ0n) is 11.1. The number of benzene rings is 1. The minimum absolute atomic E-state index is 0.111. The van der Waals surface area contributed by atoms with E-state index in [-0.39, 0.29) is 6.61 Å². The first-order valence-electron chi connectivity index (χ1n) is 6.25. The van der Waals surface area contributed by atoms with Gasteiger partial charge in [-0.2, -0.15) is 0 Å². The SMILES string of the molecule is CCc1ccc(S(=O)(=O)c2ccc(SCCO)cc2)s1. The first kappa shape index (κ1) is 15.6. The van der Waals surface area contributed by atoms with Crippen molar-refractivity contribution in [3.8, 4) is 0 Å². The van der Waals surface area contributed by atoms with E-state index in [1.54, 1.807) is 30.3 Å². The fraction of sp³-hybridized carbons (Fsp3) is 0.286. The molecule has 0 atom stereocenters. The highest BCUT2D eigenvalue weighted by atomic mass is 32.2. The van der Waals surface area contributed by atoms with Crippen LogP contribution in [0.4, 0.5) is 0 Å². The molecule has 1 aromatic heterocycles. The first-order chi connectivity index (χ1) is 9.57. The van der Waals surface area contributed by atoms with E-state index < -0.39 is 9.84 Å². The van der Waals surface area contributed by atoms with Gasteiger partial charge < -0.3 is 5.11 Å². The van der Waals surface area contributed by atoms with Crippen LogP contribution in [0.1, 0.15) is 11.8 Å². The standard InChI is InChI=1S/C14H16O3S3/c1-2-11-5-8-14(19-11)20(16,17)13-6-3-12(4-7-13)18-10-9-15/h3-8,15H,2,9-10H2,1H3. The lowest BCUT2D eigenvalue weighted by Gasteiger charge is -2.04. The Labute approximate surface area is 127 Å². The van der Waals surface area contributed by atoms with E-state index in [9.17, 15) is 8.42 Å². The van der Waals surface area contributed by atoms with E-state index >= 15 is 0 Å². The highest BCUT2D eigenvalue weighted by Gasteiger charge is 2.19. The van der Waals surface area contributed by atoms with Crippen molar-refractivity contribution in [1.29, 1.82) is 0 Å². The number of hydrogen-bond donors (Lipinski definition) is 1. The van der Waals surface area contributed by atoms with Crippen molar-refractivity contribution in [1.82, 2.24) is 0 Å². The molecule has 0 aliphatic rings. The average molecular weight is 328 g/mol. The van der Waals surface area contributed by atoms with Gasteiger partial charge >= 0.3 is 0 Å². The van der Waals surface area contributed by atoms with Crippen LogP contribution in [0.5, 0.6) is 0 Å². The third kappa shape index (κ3) is 3.44. The molecule has 20 heavy (non-hydrogen) atoms. The molecule has 108 valence electrons. The summed E-state index contributed by atoms with van der Waals surface area (Å²) in [5, 5.41) is 8.77. The van der Waals surface area contributed by atoms with Gasteiger partial charge in [0, 0.05) is 15.5 Å². The van der Waals surface area contributed by atoms with Crippen LogP contribution in [0, 0.1) is 0 Å². The monoisotopic (exact) mass is 328 g/mol. The molecule has 1 N–H and O–H groups in total. The van der Waals surface area contributed by atoms with Crippen LogP contribution in [0.25, 0.3) is 0 Å². The molecule has 0 amide bonds. The van der Waals surface area contributed by atoms with Gasteiger partial charge in [0.2, 0.25) is 9.84 Å². The van der Waals surface area contributed by atoms with E-state index in [2.05, 4.69) is 0 Å². The summed E-state index contributed by atoms with van der Waals surface area (Å²) in [6.07, 6.45) is 0.844. The zero-order chi connectivity index (χ0) is 14.6. The molecule has 0 radical (unpaired) electrons. The topological polar surface area (TPSA) is 54.4 Å². The largest absolute Gasteiger partial charge is 0.396 e. The molecule has 6 heteroatoms. The number of aryl methyl sites for hydroxylation is 1. The quantitative estimate of drug-likeness (QED) is 0.827. The van der Waals surface area contributed by atoms with Crippen molar-refractivity contribution in [2.75, 3.05) is 12.4 Å². The van der Waals surface area contributed by atoms with Crippen LogP contribution >= 0.6 is 23.1 Å². The number of sulfone groups is 1. The second-order valence-electron chi connectivity index (χ2n) is 4.12. The molecule has 0 fully saturated rings. The molecule has 0 saturated carbocycles. The van der Waals surface area contributed by atoms with Gasteiger partial charge in [-0.05, 0) is 42.8 Å². The van der Waals surface area contributed by atoms with E-state index in [0.717, 1.165) is 16.2 Å². The minimum atomic E-state index is -3.41. The minimum Gasteiger partial charge on any atom is -0.396 e. The van der Waals surface area contributed by atoms with Gasteiger partial charge in [0.05, 0.1) is 11.5 Å². The fourth-order valence-electron chi connectivity index (χ4n) is 1.69. The second kappa shape index (κ2) is 6.76. The van der Waals surface area contributed by atoms with E-state index in [4.69, 9.17) is 5.11 Å². The normalized spacial score (nSPS) is 11.7. The van der Waals surface area contributed by atoms with Crippen LogP contribution in [-0.2, 0) is 16.3 Å². The first-order valence-corrected chi connectivity index (χ1v) is 9.54. The molecule has 2 rings (SSSR count). The molecule has 0 unspecified atom stereocenters. The zero-order valence-corrected chi connectivity index (χ0v) is 13.5. The van der Waals surface area contributed by atoms with Crippen LogP contribution in [-0.4, -0.2) is 25.9 Å². The molecule has 0 spiro atoms. The van der Waals surface area contributed by atoms with Crippen LogP contribution in [0.2, 0.25) is 0 Å². The number of aliphatic hydroxyl groups excluding tert-OH is 1. The van der Waals surface area contributed by atoms with Crippen molar-refractivity contribution < 1.29 is 13.5 Å². The number of aliphatic hydroxyl groups is 1. The third-order valence-electron chi connectivity index (χ3n) is 2.74. The smallest absolute Gasteiger partial charge is 0.215 e. The highest BCUT2D eigenvalue weighted by molar-refractivity contribution is 7.99. The van der Waals surface area contributed by atoms with E-state index in [1.807, 2.05) is 13.0 Å². The summed E-state index contributed by atoms with van der Waals surface area (Å²) in [6.45, 7) is 2.12. The predicted octanol–water partition coefficient (Wildman–Crippen LogP) is 3.23. The Morgan fingerprint density at radius 1 is 1.15 bits per heavy atom. The highest BCUT2D eigenvalue weighted by Crippen LogP contribution is 2.29. The van der Waals surface area contributed by atoms with Gasteiger partial charge in [-0.3, -0.25) is 0 Å². The Balaban J connectivity index is 2.25. The number of rotatable bonds is 6. The Morgan fingerprint density at radius 2 is 1.85 bits per heavy atom. The van der Waals surface area contributed by atoms with Crippen molar-refractivity contribution in [2.24, 2.45) is 0 Å². The summed E-state index contributed by atoms with van der Waals surface area (Å²) in [6, 6.07) is 10.3. The van der Waals surface area contributed by atoms with Crippen LogP contribution in [0.3, 0.4) is 0 Å². The molecular weight excluding hydrogens is 312 g/mol. The summed E-state index contributed by atoms with van der Waals surface area (Å²) in [7, 11) is -3.41. The fourth-order valence-corrected chi connectivity index (χ4v) is 5.04. The molecule has 1 heterocycles. The predicted molar refractivity (Wildman–Crippen MR) is 83.4 cm³/mol. The van der Waals surface area contributed by atoms with Crippen molar-refractivity contribution in [2.45, 2.75) is 27.3 Å². The van der Waals surface area contributed by atoms with Gasteiger partial charge in [-0.1, -0.05) is 6.92 Å². The maximum atomic E-state index is 12.5. The maximum absolute atomic E-state index is 12.5. The Morgan fingerprint density at radius 3 is 2.40 bits per heavy atom. The summed E-state index contributed by atoms with van der Waals surface area (Å²) in [4.78, 5) is 2.34. The van der Waals surface area contributed by atoms with Gasteiger partial charge in [0.15, 0.2) is 0 Å². The van der Waals surface area contributed by atoms with Gasteiger partial charge in [-0.25, -0.2) is 8.42 Å². The van der Waals surface area contributed by atoms with E-state index in [0.29, 0.717) is 14.9 Å². The molecular formula is C14H16O3S3. The number of hydrogen-bond acceptors (Lipinski definition) is 5. The second-order valence-corrected chi connectivity index (χ2v) is 8.63. The van der Waals surface area contributed by atoms with Gasteiger partial charge in [0.1, 0.15) is 4.21 Å². The summed E-state index contributed by atoms with van der Waals surface area (Å²) in [5.41, 5.74) is 0. The Hall–Kier alpha value is -0.820. The molecule has 3 nitrogen and oxygen atoms in total. The third-order valence-corrected chi connectivity index (χ3v) is 7.23. The lowest BCUT2D eigenvalue weighted by Crippen LogP contribution is -1.99. The molecule has 1 aromatic carbocycles. The maximum Gasteiger partial charge on any atom is 0.215 e. The van der Waals surface area contributed by atoms with E-state index in [1.165, 1.54) is 23.1 Å². The lowest BCUT2D eigenvalue weighted by atomic mass is 10.4. The number of thiophene rings is 1. The van der Waals surface area contributed by atoms with Crippen LogP contribution < -0.4 is 0 Å².